The van der Waals surface area contributed by atoms with Gasteiger partial charge in [-0.1, -0.05) is 26.2 Å². The van der Waals surface area contributed by atoms with Crippen molar-refractivity contribution in [1.82, 2.24) is 4.57 Å². The molecule has 0 unspecified atom stereocenters. The van der Waals surface area contributed by atoms with Crippen molar-refractivity contribution in [1.29, 1.82) is 5.26 Å². The number of hydrogen-bond acceptors (Lipinski definition) is 7. The highest BCUT2D eigenvalue weighted by Gasteiger charge is 2.38. The third kappa shape index (κ3) is 5.29. The van der Waals surface area contributed by atoms with Crippen LogP contribution in [0.25, 0.3) is 0 Å². The molecule has 2 rings (SSSR count). The number of alkyl halides is 3. The topological polar surface area (TPSA) is 134 Å². The lowest BCUT2D eigenvalue weighted by molar-refractivity contribution is -0.388. The van der Waals surface area contributed by atoms with Crippen LogP contribution in [-0.2, 0) is 12.7 Å². The number of hydrogen-bond donors (Lipinski definition) is 1. The summed E-state index contributed by atoms with van der Waals surface area (Å²) in [6.45, 7) is 3.48. The second-order valence-corrected chi connectivity index (χ2v) is 6.96. The molecule has 0 atom stereocenters. The number of halogens is 3. The molecule has 0 bridgehead atoms. The third-order valence-electron chi connectivity index (χ3n) is 4.75. The molecule has 12 heteroatoms. The van der Waals surface area contributed by atoms with E-state index in [0.29, 0.717) is 18.6 Å². The highest BCUT2D eigenvalue weighted by atomic mass is 19.4. The van der Waals surface area contributed by atoms with Gasteiger partial charge in [0.1, 0.15) is 17.2 Å². The molecule has 0 saturated carbocycles. The molecule has 1 N–H and O–H groups in total. The summed E-state index contributed by atoms with van der Waals surface area (Å²) in [5.41, 5.74) is -4.28. The molecule has 1 heterocycles. The van der Waals surface area contributed by atoms with E-state index in [4.69, 9.17) is 0 Å². The largest absolute Gasteiger partial charge is 0.493 e. The molecular formula is C20H20F3N5O4. The van der Waals surface area contributed by atoms with Gasteiger partial charge >= 0.3 is 6.18 Å². The molecule has 2 aromatic rings. The Morgan fingerprint density at radius 2 is 1.94 bits per heavy atom. The average molecular weight is 451 g/mol. The number of benzene rings is 1. The maximum absolute atomic E-state index is 13.2. The SMILES string of the molecule is CCCCCCn1c(O)c(C#N)c(C)c(N=Nc2ccc([N+](=O)[O-])c(C(F)(F)F)c2)c1=O. The molecule has 0 aliphatic heterocycles. The standard InChI is InChI=1S/C20H20F3N5O4/c1-3-4-5-6-9-27-18(29)14(11-24)12(2)17(19(27)30)26-25-13-7-8-16(28(31)32)15(10-13)20(21,22)23/h7-8,10,29H,3-6,9H2,1-2H3. The fourth-order valence-corrected chi connectivity index (χ4v) is 3.04. The van der Waals surface area contributed by atoms with Crippen molar-refractivity contribution in [3.05, 3.63) is 55.4 Å². The molecule has 0 saturated heterocycles. The lowest BCUT2D eigenvalue weighted by atomic mass is 10.1. The molecular weight excluding hydrogens is 431 g/mol. The van der Waals surface area contributed by atoms with Gasteiger partial charge in [-0.2, -0.15) is 23.5 Å². The number of azo groups is 1. The molecule has 0 amide bonds. The van der Waals surface area contributed by atoms with Gasteiger partial charge in [-0.25, -0.2) is 0 Å². The molecule has 0 fully saturated rings. The summed E-state index contributed by atoms with van der Waals surface area (Å²) in [6, 6.07) is 3.84. The Morgan fingerprint density at radius 1 is 1.25 bits per heavy atom. The number of unbranched alkanes of at least 4 members (excludes halogenated alkanes) is 3. The number of rotatable bonds is 8. The lowest BCUT2D eigenvalue weighted by Crippen LogP contribution is -2.22. The Bertz CT molecular complexity index is 1150. The molecule has 0 aliphatic carbocycles. The number of nitriles is 1. The van der Waals surface area contributed by atoms with Crippen molar-refractivity contribution in [2.24, 2.45) is 10.2 Å². The van der Waals surface area contributed by atoms with E-state index in [1.165, 1.54) is 6.92 Å². The van der Waals surface area contributed by atoms with Crippen molar-refractivity contribution in [3.8, 4) is 11.9 Å². The number of aromatic hydroxyl groups is 1. The van der Waals surface area contributed by atoms with Crippen LogP contribution >= 0.6 is 0 Å². The van der Waals surface area contributed by atoms with Crippen LogP contribution in [0.3, 0.4) is 0 Å². The fraction of sp³-hybridized carbons (Fsp3) is 0.400. The zero-order valence-electron chi connectivity index (χ0n) is 17.3. The third-order valence-corrected chi connectivity index (χ3v) is 4.75. The summed E-state index contributed by atoms with van der Waals surface area (Å²) < 4.78 is 40.4. The molecule has 170 valence electrons. The van der Waals surface area contributed by atoms with Crippen molar-refractivity contribution < 1.29 is 23.2 Å². The summed E-state index contributed by atoms with van der Waals surface area (Å²) in [5, 5.41) is 37.9. The Kier molecular flexibility index (Phi) is 7.69. The van der Waals surface area contributed by atoms with Gasteiger partial charge in [-0.15, -0.1) is 5.11 Å². The molecule has 9 nitrogen and oxygen atoms in total. The van der Waals surface area contributed by atoms with Crippen molar-refractivity contribution in [2.75, 3.05) is 0 Å². The number of nitro groups is 1. The Balaban J connectivity index is 2.54. The zero-order valence-corrected chi connectivity index (χ0v) is 17.3. The van der Waals surface area contributed by atoms with Crippen LogP contribution in [-0.4, -0.2) is 14.6 Å². The van der Waals surface area contributed by atoms with Crippen molar-refractivity contribution >= 4 is 17.1 Å². The van der Waals surface area contributed by atoms with Crippen molar-refractivity contribution in [2.45, 2.75) is 52.3 Å². The van der Waals surface area contributed by atoms with E-state index in [0.717, 1.165) is 29.9 Å². The van der Waals surface area contributed by atoms with Gasteiger partial charge in [0.05, 0.1) is 10.6 Å². The Morgan fingerprint density at radius 3 is 2.50 bits per heavy atom. The van der Waals surface area contributed by atoms with Gasteiger partial charge in [-0.05, 0) is 25.5 Å². The normalized spacial score (nSPS) is 11.6. The van der Waals surface area contributed by atoms with Gasteiger partial charge < -0.3 is 5.11 Å². The van der Waals surface area contributed by atoms with Gasteiger partial charge in [0, 0.05) is 18.2 Å². The van der Waals surface area contributed by atoms with Crippen LogP contribution < -0.4 is 5.56 Å². The van der Waals surface area contributed by atoms with E-state index in [-0.39, 0.29) is 29.0 Å². The van der Waals surface area contributed by atoms with Crippen LogP contribution in [0.15, 0.2) is 33.2 Å². The second-order valence-electron chi connectivity index (χ2n) is 6.96. The minimum atomic E-state index is -5.00. The quantitative estimate of drug-likeness (QED) is 0.239. The van der Waals surface area contributed by atoms with Crippen LogP contribution in [0, 0.1) is 28.4 Å². The summed E-state index contributed by atoms with van der Waals surface area (Å²) in [6.07, 6.45) is -1.78. The zero-order chi connectivity index (χ0) is 24.1. The van der Waals surface area contributed by atoms with Gasteiger partial charge in [-0.3, -0.25) is 19.5 Å². The first kappa shape index (κ1) is 24.5. The highest BCUT2D eigenvalue weighted by Crippen LogP contribution is 2.38. The van der Waals surface area contributed by atoms with Crippen LogP contribution in [0.4, 0.5) is 30.2 Å². The molecule has 1 aromatic heterocycles. The first-order chi connectivity index (χ1) is 15.0. The van der Waals surface area contributed by atoms with E-state index < -0.39 is 33.8 Å². The van der Waals surface area contributed by atoms with Gasteiger partial charge in [0.15, 0.2) is 5.69 Å². The maximum atomic E-state index is 13.2. The average Bonchev–Trinajstić information content (AvgIpc) is 2.72. The maximum Gasteiger partial charge on any atom is 0.423 e. The highest BCUT2D eigenvalue weighted by molar-refractivity contribution is 5.57. The predicted molar refractivity (Wildman–Crippen MR) is 108 cm³/mol. The number of pyridine rings is 1. The molecule has 0 aliphatic rings. The van der Waals surface area contributed by atoms with Crippen molar-refractivity contribution in [3.63, 3.8) is 0 Å². The van der Waals surface area contributed by atoms with E-state index in [9.17, 15) is 38.4 Å². The summed E-state index contributed by atoms with van der Waals surface area (Å²) in [5.74, 6) is -0.514. The van der Waals surface area contributed by atoms with Gasteiger partial charge in [0.25, 0.3) is 11.2 Å². The fourth-order valence-electron chi connectivity index (χ4n) is 3.04. The molecule has 1 aromatic carbocycles. The summed E-state index contributed by atoms with van der Waals surface area (Å²) >= 11 is 0. The van der Waals surface area contributed by atoms with E-state index in [1.54, 1.807) is 6.07 Å². The Labute approximate surface area is 180 Å². The minimum absolute atomic E-state index is 0.0153. The van der Waals surface area contributed by atoms with Crippen LogP contribution in [0.1, 0.15) is 49.3 Å². The van der Waals surface area contributed by atoms with Crippen LogP contribution in [0.5, 0.6) is 5.88 Å². The predicted octanol–water partition coefficient (Wildman–Crippen LogP) is 5.66. The lowest BCUT2D eigenvalue weighted by Gasteiger charge is -2.13. The van der Waals surface area contributed by atoms with E-state index in [1.807, 2.05) is 6.92 Å². The monoisotopic (exact) mass is 451 g/mol. The van der Waals surface area contributed by atoms with E-state index in [2.05, 4.69) is 10.2 Å². The number of nitrogens with zero attached hydrogens (tertiary/aromatic N) is 5. The minimum Gasteiger partial charge on any atom is -0.493 e. The summed E-state index contributed by atoms with van der Waals surface area (Å²) in [4.78, 5) is 22.5. The van der Waals surface area contributed by atoms with Gasteiger partial charge in [0.2, 0.25) is 5.88 Å². The van der Waals surface area contributed by atoms with Crippen LogP contribution in [0.2, 0.25) is 0 Å². The first-order valence-electron chi connectivity index (χ1n) is 9.66. The Hall–Kier alpha value is -3.75. The molecule has 0 radical (unpaired) electrons. The number of aromatic nitrogens is 1. The second kappa shape index (κ2) is 10.0. The first-order valence-corrected chi connectivity index (χ1v) is 9.66. The molecule has 0 spiro atoms. The van der Waals surface area contributed by atoms with E-state index >= 15 is 0 Å². The number of nitro benzene ring substituents is 1. The molecule has 32 heavy (non-hydrogen) atoms. The summed E-state index contributed by atoms with van der Waals surface area (Å²) in [7, 11) is 0. The smallest absolute Gasteiger partial charge is 0.423 e.